The minimum Gasteiger partial charge on any atom is -0.496 e. The first-order valence-corrected chi connectivity index (χ1v) is 6.51. The van der Waals surface area contributed by atoms with Gasteiger partial charge in [0.1, 0.15) is 5.75 Å². The predicted molar refractivity (Wildman–Crippen MR) is 76.3 cm³/mol. The highest BCUT2D eigenvalue weighted by molar-refractivity contribution is 5.39. The molecule has 4 heteroatoms. The van der Waals surface area contributed by atoms with Gasteiger partial charge in [-0.1, -0.05) is 17.7 Å². The number of hydrogen-bond acceptors (Lipinski definition) is 3. The lowest BCUT2D eigenvalue weighted by molar-refractivity contribution is 0.395. The Morgan fingerprint density at radius 1 is 1.21 bits per heavy atom. The highest BCUT2D eigenvalue weighted by atomic mass is 16.5. The van der Waals surface area contributed by atoms with Crippen molar-refractivity contribution in [2.24, 2.45) is 0 Å². The molecule has 1 aromatic heterocycles. The van der Waals surface area contributed by atoms with Crippen LogP contribution in [0.4, 0.5) is 0 Å². The van der Waals surface area contributed by atoms with Gasteiger partial charge in [0.25, 0.3) is 0 Å². The first kappa shape index (κ1) is 13.6. The van der Waals surface area contributed by atoms with Gasteiger partial charge in [0.15, 0.2) is 0 Å². The van der Waals surface area contributed by atoms with Crippen LogP contribution in [0.2, 0.25) is 0 Å². The number of nitrogens with one attached hydrogen (secondary N) is 2. The molecule has 1 aromatic carbocycles. The Kier molecular flexibility index (Phi) is 4.22. The highest BCUT2D eigenvalue weighted by Crippen LogP contribution is 2.27. The number of hydrogen-bond donors (Lipinski definition) is 2. The van der Waals surface area contributed by atoms with Crippen molar-refractivity contribution in [1.82, 2.24) is 15.5 Å². The molecule has 2 aromatic rings. The minimum absolute atomic E-state index is 0.202. The molecule has 0 bridgehead atoms. The third kappa shape index (κ3) is 3.15. The van der Waals surface area contributed by atoms with E-state index in [1.807, 2.05) is 12.1 Å². The molecule has 0 aliphatic heterocycles. The summed E-state index contributed by atoms with van der Waals surface area (Å²) >= 11 is 0. The zero-order valence-electron chi connectivity index (χ0n) is 11.9. The van der Waals surface area contributed by atoms with Gasteiger partial charge >= 0.3 is 0 Å². The van der Waals surface area contributed by atoms with E-state index >= 15 is 0 Å². The molecule has 2 rings (SSSR count). The fourth-order valence-corrected chi connectivity index (χ4v) is 2.25. The number of aromatic nitrogens is 2. The van der Waals surface area contributed by atoms with Crippen LogP contribution < -0.4 is 10.1 Å². The monoisotopic (exact) mass is 259 g/mol. The number of aryl methyl sites for hydroxylation is 1. The first-order valence-electron chi connectivity index (χ1n) is 6.51. The summed E-state index contributed by atoms with van der Waals surface area (Å²) in [5.41, 5.74) is 3.49. The molecule has 0 spiro atoms. The summed E-state index contributed by atoms with van der Waals surface area (Å²) in [6.45, 7) is 6.35. The molecule has 2 N–H and O–H groups in total. The number of benzene rings is 1. The Morgan fingerprint density at radius 2 is 2.00 bits per heavy atom. The Labute approximate surface area is 114 Å². The van der Waals surface area contributed by atoms with Gasteiger partial charge in [-0.2, -0.15) is 5.10 Å². The molecule has 19 heavy (non-hydrogen) atoms. The summed E-state index contributed by atoms with van der Waals surface area (Å²) < 4.78 is 5.43. The first-order chi connectivity index (χ1) is 9.11. The van der Waals surface area contributed by atoms with Crippen LogP contribution >= 0.6 is 0 Å². The summed E-state index contributed by atoms with van der Waals surface area (Å²) in [7, 11) is 1.71. The lowest BCUT2D eigenvalue weighted by Gasteiger charge is -2.21. The van der Waals surface area contributed by atoms with Crippen molar-refractivity contribution in [3.8, 4) is 5.75 Å². The number of rotatable bonds is 5. The number of nitrogens with zero attached hydrogens (tertiary/aromatic N) is 1. The molecule has 4 nitrogen and oxygen atoms in total. The number of methoxy groups -OCH3 is 1. The average Bonchev–Trinajstić information content (AvgIpc) is 2.92. The fourth-order valence-electron chi connectivity index (χ4n) is 2.25. The van der Waals surface area contributed by atoms with Gasteiger partial charge in [0, 0.05) is 23.8 Å². The molecule has 102 valence electrons. The van der Waals surface area contributed by atoms with Gasteiger partial charge in [0.05, 0.1) is 12.8 Å². The zero-order valence-corrected chi connectivity index (χ0v) is 11.9. The van der Waals surface area contributed by atoms with Crippen molar-refractivity contribution < 1.29 is 4.74 Å². The zero-order chi connectivity index (χ0) is 13.8. The molecule has 2 unspecified atom stereocenters. The fraction of sp³-hybridized carbons (Fsp3) is 0.400. The van der Waals surface area contributed by atoms with Gasteiger partial charge in [0.2, 0.25) is 0 Å². The molecule has 0 aliphatic carbocycles. The van der Waals surface area contributed by atoms with Gasteiger partial charge < -0.3 is 10.1 Å². The van der Waals surface area contributed by atoms with Crippen LogP contribution in [-0.2, 0) is 0 Å². The molecule has 0 aliphatic rings. The van der Waals surface area contributed by atoms with E-state index in [0.717, 1.165) is 11.4 Å². The van der Waals surface area contributed by atoms with E-state index in [2.05, 4.69) is 48.4 Å². The number of aromatic amines is 1. The average molecular weight is 259 g/mol. The molecule has 0 amide bonds. The van der Waals surface area contributed by atoms with Crippen LogP contribution in [0.5, 0.6) is 5.75 Å². The maximum atomic E-state index is 5.43. The second-order valence-corrected chi connectivity index (χ2v) is 4.87. The maximum absolute atomic E-state index is 5.43. The molecule has 0 fully saturated rings. The molecule has 0 saturated heterocycles. The molecule has 0 saturated carbocycles. The molecule has 1 heterocycles. The van der Waals surface area contributed by atoms with Gasteiger partial charge in [-0.3, -0.25) is 5.10 Å². The van der Waals surface area contributed by atoms with Crippen LogP contribution in [0.1, 0.15) is 42.8 Å². The summed E-state index contributed by atoms with van der Waals surface area (Å²) in [4.78, 5) is 0. The van der Waals surface area contributed by atoms with Crippen molar-refractivity contribution in [2.75, 3.05) is 7.11 Å². The Morgan fingerprint density at radius 3 is 2.63 bits per heavy atom. The topological polar surface area (TPSA) is 49.9 Å². The highest BCUT2D eigenvalue weighted by Gasteiger charge is 2.15. The van der Waals surface area contributed by atoms with E-state index in [-0.39, 0.29) is 12.1 Å². The summed E-state index contributed by atoms with van der Waals surface area (Å²) in [5, 5.41) is 10.5. The van der Waals surface area contributed by atoms with E-state index < -0.39 is 0 Å². The van der Waals surface area contributed by atoms with Crippen molar-refractivity contribution in [3.05, 3.63) is 47.3 Å². The van der Waals surface area contributed by atoms with Crippen LogP contribution in [0.15, 0.2) is 30.5 Å². The third-order valence-electron chi connectivity index (χ3n) is 3.34. The standard InChI is InChI=1S/C15H21N3O/c1-10-5-6-15(19-4)13(9-10)11(2)17-12(3)14-7-8-16-18-14/h5-9,11-12,17H,1-4H3,(H,16,18). The van der Waals surface area contributed by atoms with Crippen LogP contribution in [0.3, 0.4) is 0 Å². The predicted octanol–water partition coefficient (Wildman–Crippen LogP) is 3.14. The van der Waals surface area contributed by atoms with Gasteiger partial charge in [-0.05, 0) is 32.9 Å². The quantitative estimate of drug-likeness (QED) is 0.867. The number of H-pyrrole nitrogens is 1. The lowest BCUT2D eigenvalue weighted by Crippen LogP contribution is -2.23. The number of ether oxygens (including phenoxy) is 1. The second kappa shape index (κ2) is 5.89. The largest absolute Gasteiger partial charge is 0.496 e. The Bertz CT molecular complexity index is 522. The molecule has 0 radical (unpaired) electrons. The maximum Gasteiger partial charge on any atom is 0.123 e. The van der Waals surface area contributed by atoms with E-state index in [4.69, 9.17) is 4.74 Å². The van der Waals surface area contributed by atoms with Gasteiger partial charge in [-0.25, -0.2) is 0 Å². The van der Waals surface area contributed by atoms with Crippen LogP contribution in [0.25, 0.3) is 0 Å². The van der Waals surface area contributed by atoms with Crippen molar-refractivity contribution in [3.63, 3.8) is 0 Å². The smallest absolute Gasteiger partial charge is 0.123 e. The lowest BCUT2D eigenvalue weighted by atomic mass is 10.0. The Hall–Kier alpha value is -1.81. The third-order valence-corrected chi connectivity index (χ3v) is 3.34. The van der Waals surface area contributed by atoms with Crippen molar-refractivity contribution in [2.45, 2.75) is 32.9 Å². The van der Waals surface area contributed by atoms with Crippen molar-refractivity contribution >= 4 is 0 Å². The van der Waals surface area contributed by atoms with Gasteiger partial charge in [-0.15, -0.1) is 0 Å². The van der Waals surface area contributed by atoms with Crippen LogP contribution in [-0.4, -0.2) is 17.3 Å². The van der Waals surface area contributed by atoms with Crippen LogP contribution in [0, 0.1) is 6.92 Å². The minimum atomic E-state index is 0.202. The SMILES string of the molecule is COc1ccc(C)cc1C(C)NC(C)c1ccn[nH]1. The summed E-state index contributed by atoms with van der Waals surface area (Å²) in [5.74, 6) is 0.919. The second-order valence-electron chi connectivity index (χ2n) is 4.87. The van der Waals surface area contributed by atoms with E-state index in [9.17, 15) is 0 Å². The summed E-state index contributed by atoms with van der Waals surface area (Å²) in [6.07, 6.45) is 1.77. The molecular formula is C15H21N3O. The Balaban J connectivity index is 2.15. The van der Waals surface area contributed by atoms with E-state index in [0.29, 0.717) is 0 Å². The molecule has 2 atom stereocenters. The van der Waals surface area contributed by atoms with E-state index in [1.165, 1.54) is 11.1 Å². The molecular weight excluding hydrogens is 238 g/mol. The van der Waals surface area contributed by atoms with Crippen molar-refractivity contribution in [1.29, 1.82) is 0 Å². The summed E-state index contributed by atoms with van der Waals surface area (Å²) in [6, 6.07) is 8.64. The normalized spacial score (nSPS) is 14.1. The van der Waals surface area contributed by atoms with E-state index in [1.54, 1.807) is 13.3 Å².